The summed E-state index contributed by atoms with van der Waals surface area (Å²) in [5, 5.41) is 6.60. The van der Waals surface area contributed by atoms with E-state index in [9.17, 15) is 13.2 Å². The average molecular weight is 486 g/mol. The summed E-state index contributed by atoms with van der Waals surface area (Å²) in [5.74, 6) is 1.12. The predicted molar refractivity (Wildman–Crippen MR) is 111 cm³/mol. The molecule has 0 aromatic rings. The number of hydrogen-bond donors (Lipinski definition) is 2. The number of halogens is 1. The summed E-state index contributed by atoms with van der Waals surface area (Å²) in [6.45, 7) is 6.63. The van der Waals surface area contributed by atoms with Crippen LogP contribution in [-0.4, -0.2) is 69.4 Å². The zero-order chi connectivity index (χ0) is 17.8. The normalized spacial score (nSPS) is 22.3. The molecule has 2 rings (SSSR count). The van der Waals surface area contributed by atoms with Crippen molar-refractivity contribution in [2.45, 2.75) is 45.6 Å². The first kappa shape index (κ1) is 22.5. The van der Waals surface area contributed by atoms with Crippen LogP contribution < -0.4 is 10.6 Å². The molecule has 0 aromatic carbocycles. The lowest BCUT2D eigenvalue weighted by Crippen LogP contribution is -2.45. The largest absolute Gasteiger partial charge is 0.357 e. The number of rotatable bonds is 7. The van der Waals surface area contributed by atoms with Gasteiger partial charge in [0.05, 0.1) is 5.75 Å². The third kappa shape index (κ3) is 7.28. The molecule has 0 bridgehead atoms. The third-order valence-electron chi connectivity index (χ3n) is 4.63. The van der Waals surface area contributed by atoms with Crippen molar-refractivity contribution in [2.24, 2.45) is 10.4 Å². The molecule has 2 fully saturated rings. The van der Waals surface area contributed by atoms with Crippen LogP contribution in [0.5, 0.6) is 0 Å². The van der Waals surface area contributed by atoms with Gasteiger partial charge in [-0.2, -0.15) is 0 Å². The van der Waals surface area contributed by atoms with E-state index in [0.29, 0.717) is 25.5 Å². The van der Waals surface area contributed by atoms with E-state index in [2.05, 4.69) is 15.6 Å². The van der Waals surface area contributed by atoms with E-state index in [4.69, 9.17) is 0 Å². The average Bonchev–Trinajstić information content (AvgIpc) is 3.08. The molecule has 1 saturated heterocycles. The van der Waals surface area contributed by atoms with Crippen molar-refractivity contribution in [2.75, 3.05) is 38.2 Å². The number of carbonyl (C=O) groups is 1. The molecule has 146 valence electrons. The second-order valence-electron chi connectivity index (χ2n) is 7.09. The highest BCUT2D eigenvalue weighted by molar-refractivity contribution is 14.0. The molecule has 7 nitrogen and oxygen atoms in total. The predicted octanol–water partition coefficient (Wildman–Crippen LogP) is 0.995. The Morgan fingerprint density at radius 3 is 2.52 bits per heavy atom. The minimum absolute atomic E-state index is 0. The molecular formula is C16H31IN4O3S. The number of nitrogens with zero attached hydrogens (tertiary/aromatic N) is 2. The fourth-order valence-electron chi connectivity index (χ4n) is 3.17. The highest BCUT2D eigenvalue weighted by Gasteiger charge is 2.45. The maximum Gasteiger partial charge on any atom is 0.222 e. The Balaban J connectivity index is 0.00000312. The molecule has 2 aliphatic rings. The van der Waals surface area contributed by atoms with Gasteiger partial charge in [0, 0.05) is 50.3 Å². The highest BCUT2D eigenvalue weighted by atomic mass is 127. The van der Waals surface area contributed by atoms with Gasteiger partial charge < -0.3 is 15.5 Å². The fraction of sp³-hybridized carbons (Fsp3) is 0.875. The number of hydrogen-bond acceptors (Lipinski definition) is 4. The van der Waals surface area contributed by atoms with Crippen molar-refractivity contribution < 1.29 is 13.2 Å². The second kappa shape index (κ2) is 9.38. The van der Waals surface area contributed by atoms with E-state index >= 15 is 0 Å². The summed E-state index contributed by atoms with van der Waals surface area (Å²) in [7, 11) is -2.98. The molecular weight excluding hydrogens is 455 g/mol. The van der Waals surface area contributed by atoms with Gasteiger partial charge in [0.15, 0.2) is 5.96 Å². The minimum Gasteiger partial charge on any atom is -0.357 e. The molecule has 9 heteroatoms. The summed E-state index contributed by atoms with van der Waals surface area (Å²) in [6, 6.07) is 0.198. The molecule has 0 aromatic heterocycles. The maximum absolute atomic E-state index is 11.8. The van der Waals surface area contributed by atoms with Crippen molar-refractivity contribution >= 4 is 45.7 Å². The van der Waals surface area contributed by atoms with Gasteiger partial charge in [-0.3, -0.25) is 9.79 Å². The van der Waals surface area contributed by atoms with Crippen LogP contribution >= 0.6 is 24.0 Å². The zero-order valence-corrected chi connectivity index (χ0v) is 18.5. The standard InChI is InChI=1S/C16H30N4O3S.HI/c1-4-14(21)20-9-6-13(10-20)19-15(17-5-2)18-11-16(7-8-16)12-24(3,22)23;/h13H,4-12H2,1-3H3,(H2,17,18,19);1H. The Labute approximate surface area is 168 Å². The van der Waals surface area contributed by atoms with Crippen LogP contribution in [0.15, 0.2) is 4.99 Å². The molecule has 0 spiro atoms. The lowest BCUT2D eigenvalue weighted by molar-refractivity contribution is -0.129. The van der Waals surface area contributed by atoms with E-state index in [-0.39, 0.29) is 47.1 Å². The zero-order valence-electron chi connectivity index (χ0n) is 15.4. The number of carbonyl (C=O) groups excluding carboxylic acids is 1. The van der Waals surface area contributed by atoms with Gasteiger partial charge in [-0.05, 0) is 26.2 Å². The first-order valence-electron chi connectivity index (χ1n) is 8.77. The van der Waals surface area contributed by atoms with Gasteiger partial charge in [0.2, 0.25) is 5.91 Å². The summed E-state index contributed by atoms with van der Waals surface area (Å²) >= 11 is 0. The molecule has 1 atom stereocenters. The number of sulfone groups is 1. The summed E-state index contributed by atoms with van der Waals surface area (Å²) < 4.78 is 23.1. The van der Waals surface area contributed by atoms with Crippen LogP contribution in [0.4, 0.5) is 0 Å². The van der Waals surface area contributed by atoms with Crippen molar-refractivity contribution in [3.05, 3.63) is 0 Å². The summed E-state index contributed by atoms with van der Waals surface area (Å²) in [4.78, 5) is 18.3. The molecule has 1 aliphatic carbocycles. The molecule has 2 N–H and O–H groups in total. The lowest BCUT2D eigenvalue weighted by Gasteiger charge is -2.19. The Bertz CT molecular complexity index is 590. The van der Waals surface area contributed by atoms with Crippen molar-refractivity contribution in [3.63, 3.8) is 0 Å². The lowest BCUT2D eigenvalue weighted by atomic mass is 10.1. The summed E-state index contributed by atoms with van der Waals surface area (Å²) in [5.41, 5.74) is -0.171. The van der Waals surface area contributed by atoms with E-state index in [1.807, 2.05) is 18.7 Å². The van der Waals surface area contributed by atoms with Crippen LogP contribution in [0.25, 0.3) is 0 Å². The fourth-order valence-corrected chi connectivity index (χ4v) is 4.66. The monoisotopic (exact) mass is 486 g/mol. The first-order valence-corrected chi connectivity index (χ1v) is 10.8. The van der Waals surface area contributed by atoms with Crippen LogP contribution in [0.3, 0.4) is 0 Å². The molecule has 1 saturated carbocycles. The van der Waals surface area contributed by atoms with Crippen molar-refractivity contribution in [3.8, 4) is 0 Å². The first-order chi connectivity index (χ1) is 11.3. The smallest absolute Gasteiger partial charge is 0.222 e. The van der Waals surface area contributed by atoms with E-state index in [0.717, 1.165) is 32.4 Å². The highest BCUT2D eigenvalue weighted by Crippen LogP contribution is 2.46. The van der Waals surface area contributed by atoms with E-state index in [1.165, 1.54) is 6.26 Å². The van der Waals surface area contributed by atoms with E-state index < -0.39 is 9.84 Å². The van der Waals surface area contributed by atoms with Crippen LogP contribution in [0.2, 0.25) is 0 Å². The van der Waals surface area contributed by atoms with Crippen molar-refractivity contribution in [1.29, 1.82) is 0 Å². The van der Waals surface area contributed by atoms with E-state index in [1.54, 1.807) is 0 Å². The van der Waals surface area contributed by atoms with Gasteiger partial charge in [-0.1, -0.05) is 6.92 Å². The number of likely N-dealkylation sites (tertiary alicyclic amines) is 1. The van der Waals surface area contributed by atoms with Gasteiger partial charge in [0.1, 0.15) is 9.84 Å². The molecule has 0 radical (unpaired) electrons. The minimum atomic E-state index is -2.98. The molecule has 25 heavy (non-hydrogen) atoms. The Morgan fingerprint density at radius 1 is 1.32 bits per heavy atom. The quantitative estimate of drug-likeness (QED) is 0.318. The van der Waals surface area contributed by atoms with Crippen LogP contribution in [0.1, 0.15) is 39.5 Å². The number of guanidine groups is 1. The molecule has 1 aliphatic heterocycles. The van der Waals surface area contributed by atoms with Crippen molar-refractivity contribution in [1.82, 2.24) is 15.5 Å². The number of aliphatic imine (C=N–C) groups is 1. The summed E-state index contributed by atoms with van der Waals surface area (Å²) in [6.07, 6.45) is 4.58. The maximum atomic E-state index is 11.8. The molecule has 1 unspecified atom stereocenters. The molecule has 1 amide bonds. The van der Waals surface area contributed by atoms with Gasteiger partial charge in [-0.25, -0.2) is 8.42 Å². The molecule has 1 heterocycles. The van der Waals surface area contributed by atoms with Crippen LogP contribution in [-0.2, 0) is 14.6 Å². The van der Waals surface area contributed by atoms with Crippen LogP contribution in [0, 0.1) is 5.41 Å². The Morgan fingerprint density at radius 2 is 2.00 bits per heavy atom. The SMILES string of the molecule is CCNC(=NCC1(CS(C)(=O)=O)CC1)NC1CCN(C(=O)CC)C1.I. The van der Waals surface area contributed by atoms with Gasteiger partial charge in [0.25, 0.3) is 0 Å². The third-order valence-corrected chi connectivity index (χ3v) is 5.76. The van der Waals surface area contributed by atoms with Gasteiger partial charge in [-0.15, -0.1) is 24.0 Å². The Hall–Kier alpha value is -0.580. The Kier molecular flexibility index (Phi) is 8.43. The number of amides is 1. The number of nitrogens with one attached hydrogen (secondary N) is 2. The topological polar surface area (TPSA) is 90.9 Å². The second-order valence-corrected chi connectivity index (χ2v) is 9.23. The van der Waals surface area contributed by atoms with Gasteiger partial charge >= 0.3 is 0 Å².